The van der Waals surface area contributed by atoms with Crippen molar-refractivity contribution in [3.05, 3.63) is 58.5 Å². The highest BCUT2D eigenvalue weighted by Crippen LogP contribution is 2.29. The Morgan fingerprint density at radius 1 is 1.13 bits per heavy atom. The maximum Gasteiger partial charge on any atom is 0.126 e. The van der Waals surface area contributed by atoms with Crippen LogP contribution in [-0.4, -0.2) is 15.0 Å². The lowest BCUT2D eigenvalue weighted by Crippen LogP contribution is -1.99. The van der Waals surface area contributed by atoms with Crippen LogP contribution in [0.5, 0.6) is 0 Å². The summed E-state index contributed by atoms with van der Waals surface area (Å²) in [6.45, 7) is 3.68. The van der Waals surface area contributed by atoms with E-state index < -0.39 is 0 Å². The minimum atomic E-state index is 0.555. The molecule has 2 aromatic heterocycles. The highest BCUT2D eigenvalue weighted by molar-refractivity contribution is 7.98. The van der Waals surface area contributed by atoms with Gasteiger partial charge in [0.05, 0.1) is 11.4 Å². The summed E-state index contributed by atoms with van der Waals surface area (Å²) in [5, 5.41) is 13.1. The number of thiazole rings is 1. The Bertz CT molecular complexity index is 866. The van der Waals surface area contributed by atoms with Crippen LogP contribution in [0.1, 0.15) is 22.8 Å². The van der Waals surface area contributed by atoms with Crippen LogP contribution in [-0.2, 0) is 5.75 Å². The van der Waals surface area contributed by atoms with Crippen LogP contribution in [0.2, 0.25) is 0 Å². The molecule has 0 radical (unpaired) electrons. The zero-order valence-electron chi connectivity index (χ0n) is 12.8. The number of aromatic nitrogens is 3. The Morgan fingerprint density at radius 3 is 2.65 bits per heavy atom. The summed E-state index contributed by atoms with van der Waals surface area (Å²) >= 11 is 3.16. The van der Waals surface area contributed by atoms with Gasteiger partial charge in [-0.05, 0) is 13.8 Å². The van der Waals surface area contributed by atoms with Gasteiger partial charge >= 0.3 is 0 Å². The molecule has 0 bridgehead atoms. The van der Waals surface area contributed by atoms with Crippen LogP contribution < -0.4 is 0 Å². The first-order chi connectivity index (χ1) is 11.2. The molecule has 0 atom stereocenters. The Labute approximate surface area is 143 Å². The zero-order valence-corrected chi connectivity index (χ0v) is 14.4. The molecule has 0 unspecified atom stereocenters. The fourth-order valence-electron chi connectivity index (χ4n) is 2.14. The van der Waals surface area contributed by atoms with Gasteiger partial charge in [0.15, 0.2) is 0 Å². The third-order valence-electron chi connectivity index (χ3n) is 3.21. The summed E-state index contributed by atoms with van der Waals surface area (Å²) in [4.78, 5) is 13.3. The second-order valence-corrected chi connectivity index (χ2v) is 6.77. The fourth-order valence-corrected chi connectivity index (χ4v) is 4.04. The lowest BCUT2D eigenvalue weighted by Gasteiger charge is -2.05. The van der Waals surface area contributed by atoms with Crippen molar-refractivity contribution in [1.29, 1.82) is 5.26 Å². The first-order valence-corrected chi connectivity index (χ1v) is 8.92. The Hall–Kier alpha value is -2.23. The standard InChI is InChI=1S/C17H14N4S2/c1-11-15(8-18)17(20-12(2)19-11)23-10-14-9-22-16(21-14)13-6-4-3-5-7-13/h3-7,9H,10H2,1-2H3. The van der Waals surface area contributed by atoms with E-state index in [0.717, 1.165) is 27.0 Å². The van der Waals surface area contributed by atoms with Crippen molar-refractivity contribution < 1.29 is 0 Å². The molecule has 1 aromatic carbocycles. The molecule has 0 N–H and O–H groups in total. The van der Waals surface area contributed by atoms with Crippen molar-refractivity contribution in [2.45, 2.75) is 24.6 Å². The molecule has 0 fully saturated rings. The first-order valence-electron chi connectivity index (χ1n) is 7.05. The summed E-state index contributed by atoms with van der Waals surface area (Å²) in [6.07, 6.45) is 0. The van der Waals surface area contributed by atoms with Crippen molar-refractivity contribution in [3.8, 4) is 16.6 Å². The molecule has 3 aromatic rings. The molecule has 6 heteroatoms. The van der Waals surface area contributed by atoms with Gasteiger partial charge in [0, 0.05) is 16.7 Å². The van der Waals surface area contributed by atoms with Gasteiger partial charge < -0.3 is 0 Å². The SMILES string of the molecule is Cc1nc(C)c(C#N)c(SCc2csc(-c3ccccc3)n2)n1. The summed E-state index contributed by atoms with van der Waals surface area (Å²) in [5.41, 5.74) is 3.40. The van der Waals surface area contributed by atoms with Crippen LogP contribution >= 0.6 is 23.1 Å². The van der Waals surface area contributed by atoms with Gasteiger partial charge in [0.2, 0.25) is 0 Å². The Kier molecular flexibility index (Phi) is 4.70. The number of thioether (sulfide) groups is 1. The van der Waals surface area contributed by atoms with Crippen molar-refractivity contribution in [1.82, 2.24) is 15.0 Å². The van der Waals surface area contributed by atoms with E-state index in [9.17, 15) is 5.26 Å². The van der Waals surface area contributed by atoms with Gasteiger partial charge in [-0.15, -0.1) is 11.3 Å². The zero-order chi connectivity index (χ0) is 16.2. The second kappa shape index (κ2) is 6.90. The largest absolute Gasteiger partial charge is 0.240 e. The lowest BCUT2D eigenvalue weighted by atomic mass is 10.2. The van der Waals surface area contributed by atoms with Crippen molar-refractivity contribution >= 4 is 23.1 Å². The van der Waals surface area contributed by atoms with E-state index in [4.69, 9.17) is 0 Å². The summed E-state index contributed by atoms with van der Waals surface area (Å²) in [5.74, 6) is 1.38. The van der Waals surface area contributed by atoms with Gasteiger partial charge in [-0.1, -0.05) is 42.1 Å². The molecule has 4 nitrogen and oxygen atoms in total. The van der Waals surface area contributed by atoms with E-state index >= 15 is 0 Å². The second-order valence-electron chi connectivity index (χ2n) is 4.95. The minimum Gasteiger partial charge on any atom is -0.240 e. The highest BCUT2D eigenvalue weighted by atomic mass is 32.2. The summed E-state index contributed by atoms with van der Waals surface area (Å²) in [7, 11) is 0. The van der Waals surface area contributed by atoms with E-state index in [-0.39, 0.29) is 0 Å². The lowest BCUT2D eigenvalue weighted by molar-refractivity contribution is 0.922. The van der Waals surface area contributed by atoms with Gasteiger partial charge in [-0.25, -0.2) is 15.0 Å². The molecule has 114 valence electrons. The smallest absolute Gasteiger partial charge is 0.126 e. The maximum atomic E-state index is 9.28. The number of hydrogen-bond acceptors (Lipinski definition) is 6. The Balaban J connectivity index is 1.78. The number of nitrogens with zero attached hydrogens (tertiary/aromatic N) is 4. The average Bonchev–Trinajstić information content (AvgIpc) is 3.02. The average molecular weight is 338 g/mol. The van der Waals surface area contributed by atoms with E-state index in [2.05, 4.69) is 38.5 Å². The summed E-state index contributed by atoms with van der Waals surface area (Å²) in [6, 6.07) is 12.3. The molecule has 0 saturated carbocycles. The molecule has 23 heavy (non-hydrogen) atoms. The number of rotatable bonds is 4. The molecule has 0 saturated heterocycles. The topological polar surface area (TPSA) is 62.5 Å². The normalized spacial score (nSPS) is 10.5. The van der Waals surface area contributed by atoms with Crippen molar-refractivity contribution in [2.75, 3.05) is 0 Å². The van der Waals surface area contributed by atoms with Gasteiger partial charge in [-0.3, -0.25) is 0 Å². The van der Waals surface area contributed by atoms with Crippen LogP contribution in [0, 0.1) is 25.2 Å². The third kappa shape index (κ3) is 3.58. The van der Waals surface area contributed by atoms with E-state index in [1.54, 1.807) is 11.3 Å². The van der Waals surface area contributed by atoms with Crippen molar-refractivity contribution in [2.24, 2.45) is 0 Å². The third-order valence-corrected chi connectivity index (χ3v) is 5.16. The van der Waals surface area contributed by atoms with Crippen LogP contribution in [0.3, 0.4) is 0 Å². The highest BCUT2D eigenvalue weighted by Gasteiger charge is 2.12. The number of aryl methyl sites for hydroxylation is 2. The summed E-state index contributed by atoms with van der Waals surface area (Å²) < 4.78 is 0. The fraction of sp³-hybridized carbons (Fsp3) is 0.176. The van der Waals surface area contributed by atoms with Gasteiger partial charge in [0.1, 0.15) is 27.5 Å². The van der Waals surface area contributed by atoms with Gasteiger partial charge in [0.25, 0.3) is 0 Å². The van der Waals surface area contributed by atoms with Crippen LogP contribution in [0.15, 0.2) is 40.7 Å². The molecule has 2 heterocycles. The van der Waals surface area contributed by atoms with Crippen LogP contribution in [0.4, 0.5) is 0 Å². The predicted octanol–water partition coefficient (Wildman–Crippen LogP) is 4.38. The quantitative estimate of drug-likeness (QED) is 0.522. The molecule has 0 aliphatic heterocycles. The van der Waals surface area contributed by atoms with E-state index in [1.165, 1.54) is 11.8 Å². The van der Waals surface area contributed by atoms with Gasteiger partial charge in [-0.2, -0.15) is 5.26 Å². The maximum absolute atomic E-state index is 9.28. The Morgan fingerprint density at radius 2 is 1.91 bits per heavy atom. The molecule has 0 spiro atoms. The molecular formula is C17H14N4S2. The van der Waals surface area contributed by atoms with E-state index in [1.807, 2.05) is 32.0 Å². The number of benzene rings is 1. The number of hydrogen-bond donors (Lipinski definition) is 0. The predicted molar refractivity (Wildman–Crippen MR) is 93.3 cm³/mol. The number of nitriles is 1. The molecular weight excluding hydrogens is 324 g/mol. The first kappa shape index (κ1) is 15.7. The molecule has 3 rings (SSSR count). The molecule has 0 amide bonds. The van der Waals surface area contributed by atoms with Crippen molar-refractivity contribution in [3.63, 3.8) is 0 Å². The molecule has 0 aliphatic rings. The minimum absolute atomic E-state index is 0.555. The monoisotopic (exact) mass is 338 g/mol. The van der Waals surface area contributed by atoms with Crippen LogP contribution in [0.25, 0.3) is 10.6 Å². The molecule has 0 aliphatic carbocycles. The van der Waals surface area contributed by atoms with E-state index in [0.29, 0.717) is 17.1 Å².